The topological polar surface area (TPSA) is 66.2 Å². The number of fused-ring (bicyclic) bond motifs is 1. The summed E-state index contributed by atoms with van der Waals surface area (Å²) in [5, 5.41) is 0. The molecule has 6 heteroatoms. The number of nitrogens with zero attached hydrogens (tertiary/aromatic N) is 1. The zero-order chi connectivity index (χ0) is 13.4. The Balaban J connectivity index is 2.11. The van der Waals surface area contributed by atoms with E-state index < -0.39 is 11.1 Å². The third-order valence-electron chi connectivity index (χ3n) is 2.64. The van der Waals surface area contributed by atoms with E-state index in [1.165, 1.54) is 24.3 Å². The quantitative estimate of drug-likeness (QED) is 0.675. The van der Waals surface area contributed by atoms with E-state index in [2.05, 4.69) is 4.98 Å². The van der Waals surface area contributed by atoms with Crippen molar-refractivity contribution in [1.29, 1.82) is 0 Å². The molecule has 0 radical (unpaired) electrons. The van der Waals surface area contributed by atoms with Gasteiger partial charge in [-0.1, -0.05) is 0 Å². The van der Waals surface area contributed by atoms with Crippen molar-refractivity contribution in [3.63, 3.8) is 0 Å². The third-order valence-corrected chi connectivity index (χ3v) is 3.28. The van der Waals surface area contributed by atoms with E-state index in [9.17, 15) is 13.2 Å². The molecule has 0 aliphatic rings. The second-order valence-corrected chi connectivity index (χ2v) is 4.83. The third kappa shape index (κ3) is 2.27. The van der Waals surface area contributed by atoms with Crippen LogP contribution in [0, 0.1) is 5.82 Å². The summed E-state index contributed by atoms with van der Waals surface area (Å²) in [5.41, 5.74) is 1.55. The van der Waals surface area contributed by atoms with Gasteiger partial charge in [-0.05, 0) is 53.5 Å². The van der Waals surface area contributed by atoms with Crippen molar-refractivity contribution >= 4 is 22.2 Å². The first kappa shape index (κ1) is 12.0. The summed E-state index contributed by atoms with van der Waals surface area (Å²) in [6.45, 7) is 0. The number of hydrogen-bond donors (Lipinski definition) is 0. The fraction of sp³-hybridized carbons (Fsp3) is 0. The lowest BCUT2D eigenvalue weighted by Crippen LogP contribution is -1.87. The Hall–Kier alpha value is -2.05. The van der Waals surface area contributed by atoms with Crippen molar-refractivity contribution in [2.24, 2.45) is 0 Å². The molecule has 0 amide bonds. The summed E-state index contributed by atoms with van der Waals surface area (Å²) in [6.07, 6.45) is 0. The standard InChI is InChI=1S/C13H8FNO3S/c14-9-3-1-8(2-4-9)13-15-11-7-10(19(16)17)5-6-12(11)18-13/h1-7H,(H,16,17)/p-1. The Bertz CT molecular complexity index is 767. The summed E-state index contributed by atoms with van der Waals surface area (Å²) in [4.78, 5) is 4.34. The van der Waals surface area contributed by atoms with Crippen molar-refractivity contribution in [2.75, 3.05) is 0 Å². The highest BCUT2D eigenvalue weighted by molar-refractivity contribution is 7.79. The van der Waals surface area contributed by atoms with E-state index in [0.29, 0.717) is 22.6 Å². The second-order valence-electron chi connectivity index (χ2n) is 3.89. The van der Waals surface area contributed by atoms with E-state index in [0.717, 1.165) is 0 Å². The van der Waals surface area contributed by atoms with Crippen LogP contribution in [-0.4, -0.2) is 13.7 Å². The molecule has 1 aromatic heterocycles. The van der Waals surface area contributed by atoms with Gasteiger partial charge in [0.05, 0.1) is 0 Å². The smallest absolute Gasteiger partial charge is 0.227 e. The van der Waals surface area contributed by atoms with E-state index in [4.69, 9.17) is 4.42 Å². The molecule has 0 N–H and O–H groups in total. The molecule has 4 nitrogen and oxygen atoms in total. The minimum absolute atomic E-state index is 0.145. The van der Waals surface area contributed by atoms with Gasteiger partial charge < -0.3 is 8.97 Å². The van der Waals surface area contributed by atoms with Gasteiger partial charge in [-0.25, -0.2) is 9.37 Å². The summed E-state index contributed by atoms with van der Waals surface area (Å²) in [5.74, 6) is -0.0206. The van der Waals surface area contributed by atoms with Gasteiger partial charge in [0.2, 0.25) is 5.89 Å². The minimum Gasteiger partial charge on any atom is -0.768 e. The van der Waals surface area contributed by atoms with E-state index in [-0.39, 0.29) is 10.7 Å². The Labute approximate surface area is 110 Å². The molecule has 3 rings (SSSR count). The van der Waals surface area contributed by atoms with Gasteiger partial charge in [-0.3, -0.25) is 4.21 Å². The van der Waals surface area contributed by atoms with E-state index in [1.54, 1.807) is 18.2 Å². The summed E-state index contributed by atoms with van der Waals surface area (Å²) >= 11 is -2.30. The normalized spacial score (nSPS) is 12.7. The molecule has 1 unspecified atom stereocenters. The number of oxazole rings is 1. The molecule has 0 aliphatic heterocycles. The molecule has 2 aromatic carbocycles. The SMILES string of the molecule is O=S([O-])c1ccc2oc(-c3ccc(F)cc3)nc2c1. The first-order valence-corrected chi connectivity index (χ1v) is 6.47. The minimum atomic E-state index is -2.30. The van der Waals surface area contributed by atoms with Crippen molar-refractivity contribution in [3.8, 4) is 11.5 Å². The van der Waals surface area contributed by atoms with Crippen LogP contribution in [0.2, 0.25) is 0 Å². The molecule has 0 spiro atoms. The van der Waals surface area contributed by atoms with Crippen LogP contribution in [0.1, 0.15) is 0 Å². The number of hydrogen-bond acceptors (Lipinski definition) is 4. The van der Waals surface area contributed by atoms with Crippen LogP contribution in [0.5, 0.6) is 0 Å². The first-order chi connectivity index (χ1) is 9.13. The van der Waals surface area contributed by atoms with Gasteiger partial charge in [0.25, 0.3) is 0 Å². The predicted molar refractivity (Wildman–Crippen MR) is 66.6 cm³/mol. The van der Waals surface area contributed by atoms with Crippen LogP contribution < -0.4 is 0 Å². The number of benzene rings is 2. The maximum atomic E-state index is 12.8. The molecule has 3 aromatic rings. The number of aromatic nitrogens is 1. The van der Waals surface area contributed by atoms with Gasteiger partial charge in [0.15, 0.2) is 5.58 Å². The van der Waals surface area contributed by atoms with Gasteiger partial charge in [0, 0.05) is 10.5 Å². The first-order valence-electron chi connectivity index (χ1n) is 5.39. The molecule has 0 saturated carbocycles. The van der Waals surface area contributed by atoms with Gasteiger partial charge in [0.1, 0.15) is 11.3 Å². The van der Waals surface area contributed by atoms with Crippen LogP contribution in [0.25, 0.3) is 22.6 Å². The average molecular weight is 276 g/mol. The molecule has 0 aliphatic carbocycles. The van der Waals surface area contributed by atoms with Crippen LogP contribution in [0.4, 0.5) is 4.39 Å². The van der Waals surface area contributed by atoms with Crippen molar-refractivity contribution < 1.29 is 17.6 Å². The van der Waals surface area contributed by atoms with Gasteiger partial charge >= 0.3 is 0 Å². The highest BCUT2D eigenvalue weighted by Crippen LogP contribution is 2.25. The highest BCUT2D eigenvalue weighted by Gasteiger charge is 2.09. The molecule has 96 valence electrons. The maximum absolute atomic E-state index is 12.8. The van der Waals surface area contributed by atoms with Crippen LogP contribution >= 0.6 is 0 Å². The lowest BCUT2D eigenvalue weighted by atomic mass is 10.2. The van der Waals surface area contributed by atoms with Gasteiger partial charge in [-0.2, -0.15) is 0 Å². The monoisotopic (exact) mass is 276 g/mol. The van der Waals surface area contributed by atoms with E-state index in [1.807, 2.05) is 0 Å². The molecule has 0 saturated heterocycles. The summed E-state index contributed by atoms with van der Waals surface area (Å²) < 4.78 is 40.0. The molecule has 0 fully saturated rings. The second kappa shape index (κ2) is 4.56. The number of rotatable bonds is 2. The average Bonchev–Trinajstić information content (AvgIpc) is 2.82. The molecule has 0 bridgehead atoms. The van der Waals surface area contributed by atoms with Crippen LogP contribution in [-0.2, 0) is 11.1 Å². The van der Waals surface area contributed by atoms with Crippen molar-refractivity contribution in [3.05, 3.63) is 48.3 Å². The molecule has 19 heavy (non-hydrogen) atoms. The Morgan fingerprint density at radius 1 is 1.16 bits per heavy atom. The van der Waals surface area contributed by atoms with Crippen molar-refractivity contribution in [1.82, 2.24) is 4.98 Å². The lowest BCUT2D eigenvalue weighted by Gasteiger charge is -2.02. The molecular weight excluding hydrogens is 269 g/mol. The fourth-order valence-electron chi connectivity index (χ4n) is 1.73. The largest absolute Gasteiger partial charge is 0.768 e. The van der Waals surface area contributed by atoms with Crippen molar-refractivity contribution in [2.45, 2.75) is 4.90 Å². The summed E-state index contributed by atoms with van der Waals surface area (Å²) in [7, 11) is 0. The molecule has 1 heterocycles. The fourth-order valence-corrected chi connectivity index (χ4v) is 2.11. The van der Waals surface area contributed by atoms with Gasteiger partial charge in [-0.15, -0.1) is 0 Å². The van der Waals surface area contributed by atoms with E-state index >= 15 is 0 Å². The zero-order valence-corrected chi connectivity index (χ0v) is 10.3. The van der Waals surface area contributed by atoms with Crippen LogP contribution in [0.3, 0.4) is 0 Å². The Kier molecular flexibility index (Phi) is 2.88. The highest BCUT2D eigenvalue weighted by atomic mass is 32.2. The summed E-state index contributed by atoms with van der Waals surface area (Å²) in [6, 6.07) is 10.1. The molecular formula is C13H7FNO3S-. The number of halogens is 1. The maximum Gasteiger partial charge on any atom is 0.227 e. The lowest BCUT2D eigenvalue weighted by molar-refractivity contribution is 0.537. The molecule has 1 atom stereocenters. The predicted octanol–water partition coefficient (Wildman–Crippen LogP) is 2.87. The zero-order valence-electron chi connectivity index (χ0n) is 9.50. The Morgan fingerprint density at radius 2 is 1.89 bits per heavy atom. The van der Waals surface area contributed by atoms with Crippen LogP contribution in [0.15, 0.2) is 51.8 Å². The Morgan fingerprint density at radius 3 is 2.58 bits per heavy atom.